The van der Waals surface area contributed by atoms with Gasteiger partial charge in [-0.3, -0.25) is 4.99 Å². The van der Waals surface area contributed by atoms with E-state index >= 15 is 0 Å². The lowest BCUT2D eigenvalue weighted by molar-refractivity contribution is 0.0310. The molecule has 0 saturated heterocycles. The number of hydrogen-bond donors (Lipinski definition) is 2. The van der Waals surface area contributed by atoms with E-state index in [1.807, 2.05) is 45.0 Å². The van der Waals surface area contributed by atoms with Crippen molar-refractivity contribution in [3.63, 3.8) is 0 Å². The van der Waals surface area contributed by atoms with Crippen molar-refractivity contribution in [3.8, 4) is 11.5 Å². The summed E-state index contributed by atoms with van der Waals surface area (Å²) in [5, 5.41) is 6.45. The van der Waals surface area contributed by atoms with Crippen molar-refractivity contribution in [1.29, 1.82) is 0 Å². The molecule has 1 aromatic rings. The fraction of sp³-hybridized carbons (Fsp3) is 0.588. The molecule has 0 aliphatic rings. The Morgan fingerprint density at radius 2 is 1.74 bits per heavy atom. The van der Waals surface area contributed by atoms with Gasteiger partial charge in [0.05, 0.1) is 25.8 Å². The maximum Gasteiger partial charge on any atom is 0.191 e. The summed E-state index contributed by atoms with van der Waals surface area (Å²) >= 11 is 0. The van der Waals surface area contributed by atoms with Crippen LogP contribution in [0.15, 0.2) is 29.3 Å². The lowest BCUT2D eigenvalue weighted by Crippen LogP contribution is -2.40. The molecule has 0 fully saturated rings. The van der Waals surface area contributed by atoms with E-state index in [-0.39, 0.29) is 5.60 Å². The summed E-state index contributed by atoms with van der Waals surface area (Å²) in [6, 6.07) is 7.53. The molecule has 0 unspecified atom stereocenters. The van der Waals surface area contributed by atoms with E-state index in [0.29, 0.717) is 19.7 Å². The summed E-state index contributed by atoms with van der Waals surface area (Å²) in [7, 11) is 3.34. The molecular weight excluding hydrogens is 294 g/mol. The first kappa shape index (κ1) is 19.1. The summed E-state index contributed by atoms with van der Waals surface area (Å²) in [5.74, 6) is 2.39. The van der Waals surface area contributed by atoms with E-state index < -0.39 is 0 Å². The first-order valence-corrected chi connectivity index (χ1v) is 7.85. The molecule has 0 amide bonds. The van der Waals surface area contributed by atoms with Gasteiger partial charge in [0.25, 0.3) is 0 Å². The summed E-state index contributed by atoms with van der Waals surface area (Å²) in [5.41, 5.74) is -0.276. The monoisotopic (exact) mass is 323 g/mol. The quantitative estimate of drug-likeness (QED) is 0.414. The molecule has 2 N–H and O–H groups in total. The molecule has 6 nitrogen and oxygen atoms in total. The van der Waals surface area contributed by atoms with Crippen LogP contribution >= 0.6 is 0 Å². The zero-order chi connectivity index (χ0) is 17.1. The molecule has 1 aromatic carbocycles. The number of nitrogens with zero attached hydrogens (tertiary/aromatic N) is 1. The van der Waals surface area contributed by atoms with Gasteiger partial charge in [0, 0.05) is 13.7 Å². The molecular formula is C17H29N3O3. The average molecular weight is 323 g/mol. The van der Waals surface area contributed by atoms with Crippen molar-refractivity contribution in [3.05, 3.63) is 24.3 Å². The van der Waals surface area contributed by atoms with Gasteiger partial charge in [0.1, 0.15) is 18.1 Å². The number of ether oxygens (including phenoxy) is 3. The molecule has 23 heavy (non-hydrogen) atoms. The average Bonchev–Trinajstić information content (AvgIpc) is 2.57. The molecule has 6 heteroatoms. The smallest absolute Gasteiger partial charge is 0.191 e. The van der Waals surface area contributed by atoms with Crippen molar-refractivity contribution in [1.82, 2.24) is 10.6 Å². The largest absolute Gasteiger partial charge is 0.497 e. The van der Waals surface area contributed by atoms with Gasteiger partial charge in [-0.15, -0.1) is 0 Å². The Bertz CT molecular complexity index is 472. The number of guanidine groups is 1. The van der Waals surface area contributed by atoms with E-state index in [4.69, 9.17) is 14.2 Å². The first-order valence-electron chi connectivity index (χ1n) is 7.85. The van der Waals surface area contributed by atoms with Gasteiger partial charge >= 0.3 is 0 Å². The van der Waals surface area contributed by atoms with Crippen LogP contribution < -0.4 is 20.1 Å². The molecule has 0 radical (unpaired) electrons. The van der Waals surface area contributed by atoms with E-state index in [0.717, 1.165) is 24.0 Å². The second kappa shape index (κ2) is 9.94. The summed E-state index contributed by atoms with van der Waals surface area (Å²) in [6.45, 7) is 8.64. The zero-order valence-corrected chi connectivity index (χ0v) is 14.8. The SMILES string of the molecule is CCNC(=NCC(C)(C)OC)NCCOc1ccc(OC)cc1. The maximum atomic E-state index is 5.68. The van der Waals surface area contributed by atoms with Crippen LogP contribution in [0.1, 0.15) is 20.8 Å². The van der Waals surface area contributed by atoms with Gasteiger partial charge in [-0.25, -0.2) is 0 Å². The zero-order valence-electron chi connectivity index (χ0n) is 14.8. The minimum absolute atomic E-state index is 0.276. The molecule has 0 aliphatic carbocycles. The molecule has 0 atom stereocenters. The van der Waals surface area contributed by atoms with Crippen molar-refractivity contribution < 1.29 is 14.2 Å². The number of methoxy groups -OCH3 is 2. The van der Waals surface area contributed by atoms with Crippen LogP contribution in [0, 0.1) is 0 Å². The molecule has 0 aliphatic heterocycles. The Kier molecular flexibility index (Phi) is 8.26. The van der Waals surface area contributed by atoms with Crippen molar-refractivity contribution in [2.45, 2.75) is 26.4 Å². The maximum absolute atomic E-state index is 5.68. The first-order chi connectivity index (χ1) is 11.0. The van der Waals surface area contributed by atoms with Crippen molar-refractivity contribution in [2.75, 3.05) is 40.5 Å². The highest BCUT2D eigenvalue weighted by molar-refractivity contribution is 5.79. The molecule has 0 saturated carbocycles. The molecule has 0 aromatic heterocycles. The fourth-order valence-electron chi connectivity index (χ4n) is 1.69. The van der Waals surface area contributed by atoms with Crippen molar-refractivity contribution >= 4 is 5.96 Å². The van der Waals surface area contributed by atoms with Crippen LogP contribution in [0.4, 0.5) is 0 Å². The normalized spacial score (nSPS) is 12.0. The number of nitrogens with one attached hydrogen (secondary N) is 2. The van der Waals surface area contributed by atoms with Gasteiger partial charge in [-0.1, -0.05) is 0 Å². The van der Waals surface area contributed by atoms with Gasteiger partial charge in [0.15, 0.2) is 5.96 Å². The lowest BCUT2D eigenvalue weighted by atomic mass is 10.1. The highest BCUT2D eigenvalue weighted by Crippen LogP contribution is 2.16. The number of rotatable bonds is 9. The van der Waals surface area contributed by atoms with Gasteiger partial charge in [-0.2, -0.15) is 0 Å². The predicted molar refractivity (Wildman–Crippen MR) is 93.6 cm³/mol. The number of benzene rings is 1. The van der Waals surface area contributed by atoms with Crippen LogP contribution in [0.3, 0.4) is 0 Å². The summed E-state index contributed by atoms with van der Waals surface area (Å²) < 4.78 is 16.2. The Labute approximate surface area is 139 Å². The number of aliphatic imine (C=N–C) groups is 1. The molecule has 0 heterocycles. The Morgan fingerprint density at radius 1 is 1.09 bits per heavy atom. The second-order valence-electron chi connectivity index (χ2n) is 5.61. The molecule has 130 valence electrons. The van der Waals surface area contributed by atoms with Crippen molar-refractivity contribution in [2.24, 2.45) is 4.99 Å². The third-order valence-corrected chi connectivity index (χ3v) is 3.24. The van der Waals surface area contributed by atoms with Gasteiger partial charge in [0.2, 0.25) is 0 Å². The molecule has 1 rings (SSSR count). The van der Waals surface area contributed by atoms with E-state index in [1.165, 1.54) is 0 Å². The number of hydrogen-bond acceptors (Lipinski definition) is 4. The highest BCUT2D eigenvalue weighted by Gasteiger charge is 2.15. The molecule has 0 bridgehead atoms. The topological polar surface area (TPSA) is 64.1 Å². The third-order valence-electron chi connectivity index (χ3n) is 3.24. The van der Waals surface area contributed by atoms with E-state index in [2.05, 4.69) is 15.6 Å². The standard InChI is InChI=1S/C17H29N3O3/c1-6-18-16(20-13-17(2,3)22-5)19-11-12-23-15-9-7-14(21-4)8-10-15/h7-10H,6,11-13H2,1-5H3,(H2,18,19,20). The Hall–Kier alpha value is -1.95. The molecule has 0 spiro atoms. The van der Waals surface area contributed by atoms with Crippen LogP contribution in [-0.4, -0.2) is 52.0 Å². The van der Waals surface area contributed by atoms with Crippen LogP contribution in [0.25, 0.3) is 0 Å². The minimum Gasteiger partial charge on any atom is -0.497 e. The van der Waals surface area contributed by atoms with Gasteiger partial charge in [-0.05, 0) is 45.0 Å². The third kappa shape index (κ3) is 7.74. The highest BCUT2D eigenvalue weighted by atomic mass is 16.5. The fourth-order valence-corrected chi connectivity index (χ4v) is 1.69. The lowest BCUT2D eigenvalue weighted by Gasteiger charge is -2.21. The van der Waals surface area contributed by atoms with Crippen LogP contribution in [0.5, 0.6) is 11.5 Å². The van der Waals surface area contributed by atoms with Gasteiger partial charge < -0.3 is 24.8 Å². The van der Waals surface area contributed by atoms with E-state index in [1.54, 1.807) is 14.2 Å². The summed E-state index contributed by atoms with van der Waals surface area (Å²) in [6.07, 6.45) is 0. The van der Waals surface area contributed by atoms with Crippen LogP contribution in [-0.2, 0) is 4.74 Å². The minimum atomic E-state index is -0.276. The summed E-state index contributed by atoms with van der Waals surface area (Å²) in [4.78, 5) is 4.52. The predicted octanol–water partition coefficient (Wildman–Crippen LogP) is 2.05. The second-order valence-corrected chi connectivity index (χ2v) is 5.61. The Balaban J connectivity index is 2.38. The Morgan fingerprint density at radius 3 is 2.30 bits per heavy atom. The van der Waals surface area contributed by atoms with Crippen LogP contribution in [0.2, 0.25) is 0 Å². The van der Waals surface area contributed by atoms with E-state index in [9.17, 15) is 0 Å².